The van der Waals surface area contributed by atoms with Gasteiger partial charge in [-0.25, -0.2) is 4.99 Å². The van der Waals surface area contributed by atoms with E-state index in [9.17, 15) is 4.79 Å². The van der Waals surface area contributed by atoms with Gasteiger partial charge in [-0.15, -0.1) is 24.0 Å². The van der Waals surface area contributed by atoms with E-state index < -0.39 is 0 Å². The Balaban J connectivity index is 0. The molecule has 0 rings (SSSR count). The van der Waals surface area contributed by atoms with Crippen molar-refractivity contribution in [2.45, 2.75) is 46.6 Å². The standard InChI is InChI=1S/C12H26N4O.HI/c1-6-8-14-10(17)9-15-11(13-7-2)16-12(3,4)5;/h6-9H2,1-5H3,(H,14,17)(H2,13,15,16);1H. The summed E-state index contributed by atoms with van der Waals surface area (Å²) in [4.78, 5) is 15.6. The van der Waals surface area contributed by atoms with Crippen LogP contribution in [0.5, 0.6) is 0 Å². The van der Waals surface area contributed by atoms with Crippen molar-refractivity contribution < 1.29 is 4.79 Å². The minimum Gasteiger partial charge on any atom is -0.357 e. The molecule has 0 saturated carbocycles. The molecule has 0 fully saturated rings. The third kappa shape index (κ3) is 11.9. The average Bonchev–Trinajstić information content (AvgIpc) is 2.21. The van der Waals surface area contributed by atoms with Crippen molar-refractivity contribution >= 4 is 35.8 Å². The summed E-state index contributed by atoms with van der Waals surface area (Å²) in [5.74, 6) is 0.629. The van der Waals surface area contributed by atoms with Gasteiger partial charge in [-0.3, -0.25) is 4.79 Å². The second kappa shape index (κ2) is 10.4. The molecule has 0 spiro atoms. The molecular weight excluding hydrogens is 343 g/mol. The molecule has 0 bridgehead atoms. The predicted octanol–water partition coefficient (Wildman–Crippen LogP) is 1.48. The number of halogens is 1. The normalized spacial score (nSPS) is 11.5. The van der Waals surface area contributed by atoms with Gasteiger partial charge in [-0.1, -0.05) is 6.92 Å². The Kier molecular flexibility index (Phi) is 11.4. The lowest BCUT2D eigenvalue weighted by Gasteiger charge is -2.23. The number of guanidine groups is 1. The van der Waals surface area contributed by atoms with Crippen molar-refractivity contribution in [2.24, 2.45) is 4.99 Å². The fourth-order valence-electron chi connectivity index (χ4n) is 1.13. The molecular formula is C12H27IN4O. The Labute approximate surface area is 128 Å². The van der Waals surface area contributed by atoms with Crippen LogP contribution < -0.4 is 16.0 Å². The molecule has 0 unspecified atom stereocenters. The van der Waals surface area contributed by atoms with Gasteiger partial charge >= 0.3 is 0 Å². The van der Waals surface area contributed by atoms with Crippen LogP contribution in [0.2, 0.25) is 0 Å². The van der Waals surface area contributed by atoms with Crippen LogP contribution in [0.1, 0.15) is 41.0 Å². The molecule has 0 radical (unpaired) electrons. The number of rotatable bonds is 5. The van der Waals surface area contributed by atoms with Gasteiger partial charge in [-0.2, -0.15) is 0 Å². The fourth-order valence-corrected chi connectivity index (χ4v) is 1.13. The molecule has 3 N–H and O–H groups in total. The van der Waals surface area contributed by atoms with Gasteiger partial charge in [0, 0.05) is 18.6 Å². The van der Waals surface area contributed by atoms with Crippen LogP contribution in [0.4, 0.5) is 0 Å². The third-order valence-corrected chi connectivity index (χ3v) is 1.79. The zero-order chi connectivity index (χ0) is 13.3. The lowest BCUT2D eigenvalue weighted by molar-refractivity contribution is -0.119. The summed E-state index contributed by atoms with van der Waals surface area (Å²) >= 11 is 0. The number of carbonyl (C=O) groups excluding carboxylic acids is 1. The van der Waals surface area contributed by atoms with Gasteiger partial charge in [0.25, 0.3) is 0 Å². The highest BCUT2D eigenvalue weighted by Crippen LogP contribution is 1.97. The van der Waals surface area contributed by atoms with Crippen LogP contribution in [0.15, 0.2) is 4.99 Å². The number of amides is 1. The van der Waals surface area contributed by atoms with Crippen LogP contribution in [-0.4, -0.2) is 37.0 Å². The van der Waals surface area contributed by atoms with Crippen LogP contribution >= 0.6 is 24.0 Å². The Morgan fingerprint density at radius 2 is 1.78 bits per heavy atom. The summed E-state index contributed by atoms with van der Waals surface area (Å²) in [7, 11) is 0. The highest BCUT2D eigenvalue weighted by Gasteiger charge is 2.11. The molecule has 0 saturated heterocycles. The van der Waals surface area contributed by atoms with E-state index in [4.69, 9.17) is 0 Å². The van der Waals surface area contributed by atoms with E-state index >= 15 is 0 Å². The molecule has 0 aromatic carbocycles. The molecule has 18 heavy (non-hydrogen) atoms. The topological polar surface area (TPSA) is 65.5 Å². The fraction of sp³-hybridized carbons (Fsp3) is 0.833. The van der Waals surface area contributed by atoms with Crippen LogP contribution in [0.25, 0.3) is 0 Å². The SMILES string of the molecule is CCCNC(=O)CN=C(NCC)NC(C)(C)C.I. The Hall–Kier alpha value is -0.530. The number of hydrogen-bond donors (Lipinski definition) is 3. The molecule has 6 heteroatoms. The van der Waals surface area contributed by atoms with E-state index in [1.54, 1.807) is 0 Å². The summed E-state index contributed by atoms with van der Waals surface area (Å²) in [6, 6.07) is 0. The van der Waals surface area contributed by atoms with E-state index in [0.29, 0.717) is 12.5 Å². The quantitative estimate of drug-likeness (QED) is 0.390. The van der Waals surface area contributed by atoms with Crippen molar-refractivity contribution in [2.75, 3.05) is 19.6 Å². The first-order chi connectivity index (χ1) is 7.89. The number of hydrogen-bond acceptors (Lipinski definition) is 2. The minimum atomic E-state index is -0.0686. The van der Waals surface area contributed by atoms with Crippen molar-refractivity contribution in [3.8, 4) is 0 Å². The summed E-state index contributed by atoms with van der Waals surface area (Å²) in [5.41, 5.74) is -0.0686. The smallest absolute Gasteiger partial charge is 0.241 e. The average molecular weight is 370 g/mol. The molecule has 5 nitrogen and oxygen atoms in total. The lowest BCUT2D eigenvalue weighted by atomic mass is 10.1. The van der Waals surface area contributed by atoms with Crippen molar-refractivity contribution in [3.63, 3.8) is 0 Å². The summed E-state index contributed by atoms with van der Waals surface area (Å²) < 4.78 is 0. The predicted molar refractivity (Wildman–Crippen MR) is 87.6 cm³/mol. The highest BCUT2D eigenvalue weighted by molar-refractivity contribution is 14.0. The maximum Gasteiger partial charge on any atom is 0.241 e. The van der Waals surface area contributed by atoms with E-state index in [-0.39, 0.29) is 42.0 Å². The van der Waals surface area contributed by atoms with Gasteiger partial charge in [0.15, 0.2) is 5.96 Å². The van der Waals surface area contributed by atoms with Gasteiger partial charge < -0.3 is 16.0 Å². The van der Waals surface area contributed by atoms with Crippen molar-refractivity contribution in [3.05, 3.63) is 0 Å². The highest BCUT2D eigenvalue weighted by atomic mass is 127. The van der Waals surface area contributed by atoms with E-state index in [1.165, 1.54) is 0 Å². The Morgan fingerprint density at radius 1 is 1.17 bits per heavy atom. The number of nitrogens with one attached hydrogen (secondary N) is 3. The van der Waals surface area contributed by atoms with E-state index in [1.807, 2.05) is 13.8 Å². The molecule has 0 atom stereocenters. The third-order valence-electron chi connectivity index (χ3n) is 1.79. The van der Waals surface area contributed by atoms with Crippen LogP contribution in [0, 0.1) is 0 Å². The second-order valence-electron chi connectivity index (χ2n) is 4.92. The van der Waals surface area contributed by atoms with E-state index in [2.05, 4.69) is 41.7 Å². The zero-order valence-electron chi connectivity index (χ0n) is 12.1. The Morgan fingerprint density at radius 3 is 2.22 bits per heavy atom. The van der Waals surface area contributed by atoms with E-state index in [0.717, 1.165) is 13.0 Å². The first-order valence-corrected chi connectivity index (χ1v) is 6.22. The van der Waals surface area contributed by atoms with Crippen LogP contribution in [0.3, 0.4) is 0 Å². The first kappa shape index (κ1) is 19.8. The maximum atomic E-state index is 11.4. The molecule has 108 valence electrons. The van der Waals surface area contributed by atoms with Gasteiger partial charge in [-0.05, 0) is 34.1 Å². The number of carbonyl (C=O) groups is 1. The van der Waals surface area contributed by atoms with Gasteiger partial charge in [0.2, 0.25) is 5.91 Å². The van der Waals surface area contributed by atoms with Crippen molar-refractivity contribution in [1.82, 2.24) is 16.0 Å². The molecule has 0 aliphatic carbocycles. The minimum absolute atomic E-state index is 0. The number of aliphatic imine (C=N–C) groups is 1. The van der Waals surface area contributed by atoms with Crippen molar-refractivity contribution in [1.29, 1.82) is 0 Å². The van der Waals surface area contributed by atoms with Crippen LogP contribution in [-0.2, 0) is 4.79 Å². The molecule has 0 aromatic heterocycles. The molecule has 1 amide bonds. The second-order valence-corrected chi connectivity index (χ2v) is 4.92. The monoisotopic (exact) mass is 370 g/mol. The summed E-state index contributed by atoms with van der Waals surface area (Å²) in [6.07, 6.45) is 0.940. The summed E-state index contributed by atoms with van der Waals surface area (Å²) in [5, 5.41) is 9.13. The van der Waals surface area contributed by atoms with Gasteiger partial charge in [0.05, 0.1) is 0 Å². The Bertz CT molecular complexity index is 261. The maximum absolute atomic E-state index is 11.4. The van der Waals surface area contributed by atoms with Gasteiger partial charge in [0.1, 0.15) is 6.54 Å². The molecule has 0 aromatic rings. The first-order valence-electron chi connectivity index (χ1n) is 6.22. The number of nitrogens with zero attached hydrogens (tertiary/aromatic N) is 1. The molecule has 0 aliphatic heterocycles. The molecule has 0 aliphatic rings. The largest absolute Gasteiger partial charge is 0.357 e. The molecule has 0 heterocycles. The summed E-state index contributed by atoms with van der Waals surface area (Å²) in [6.45, 7) is 11.8. The zero-order valence-corrected chi connectivity index (χ0v) is 14.4. The lowest BCUT2D eigenvalue weighted by Crippen LogP contribution is -2.48.